The second-order valence-electron chi connectivity index (χ2n) is 3.45. The molecular formula is C13H15NO4. The SMILES string of the molecule is C=CC(=O)OCC(NC(C)=O)Oc1ccccc1. The fraction of sp³-hybridized carbons (Fsp3) is 0.231. The monoisotopic (exact) mass is 249 g/mol. The summed E-state index contributed by atoms with van der Waals surface area (Å²) in [5.74, 6) is -0.265. The Balaban J connectivity index is 2.57. The third kappa shape index (κ3) is 5.16. The van der Waals surface area contributed by atoms with Crippen molar-refractivity contribution in [1.82, 2.24) is 5.32 Å². The molecule has 1 aromatic carbocycles. The maximum absolute atomic E-state index is 11.0. The van der Waals surface area contributed by atoms with E-state index in [1.165, 1.54) is 6.92 Å². The molecule has 0 saturated carbocycles. The summed E-state index contributed by atoms with van der Waals surface area (Å²) < 4.78 is 10.3. The number of rotatable bonds is 6. The van der Waals surface area contributed by atoms with E-state index < -0.39 is 12.2 Å². The maximum atomic E-state index is 11.0. The van der Waals surface area contributed by atoms with E-state index in [1.54, 1.807) is 24.3 Å². The van der Waals surface area contributed by atoms with E-state index >= 15 is 0 Å². The number of carbonyl (C=O) groups excluding carboxylic acids is 2. The lowest BCUT2D eigenvalue weighted by atomic mass is 10.3. The molecule has 1 aromatic rings. The largest absolute Gasteiger partial charge is 0.467 e. The Hall–Kier alpha value is -2.30. The van der Waals surface area contributed by atoms with Crippen LogP contribution in [-0.4, -0.2) is 24.7 Å². The molecule has 5 nitrogen and oxygen atoms in total. The Morgan fingerprint density at radius 2 is 2.06 bits per heavy atom. The van der Waals surface area contributed by atoms with Gasteiger partial charge in [-0.15, -0.1) is 0 Å². The topological polar surface area (TPSA) is 64.6 Å². The van der Waals surface area contributed by atoms with Crippen LogP contribution in [0.5, 0.6) is 5.75 Å². The Kier molecular flexibility index (Phi) is 5.44. The highest BCUT2D eigenvalue weighted by Gasteiger charge is 2.13. The van der Waals surface area contributed by atoms with Crippen LogP contribution in [0.25, 0.3) is 0 Å². The Labute approximate surface area is 105 Å². The molecule has 0 heterocycles. The van der Waals surface area contributed by atoms with Crippen LogP contribution in [-0.2, 0) is 14.3 Å². The van der Waals surface area contributed by atoms with Gasteiger partial charge in [-0.2, -0.15) is 0 Å². The van der Waals surface area contributed by atoms with Crippen molar-refractivity contribution in [3.8, 4) is 5.75 Å². The lowest BCUT2D eigenvalue weighted by Crippen LogP contribution is -2.41. The van der Waals surface area contributed by atoms with Gasteiger partial charge in [-0.1, -0.05) is 24.8 Å². The summed E-state index contributed by atoms with van der Waals surface area (Å²) in [4.78, 5) is 22.0. The van der Waals surface area contributed by atoms with Gasteiger partial charge in [0.25, 0.3) is 0 Å². The molecule has 1 unspecified atom stereocenters. The molecule has 1 amide bonds. The van der Waals surface area contributed by atoms with Crippen LogP contribution in [0.3, 0.4) is 0 Å². The molecule has 0 bridgehead atoms. The van der Waals surface area contributed by atoms with Crippen LogP contribution in [0, 0.1) is 0 Å². The lowest BCUT2D eigenvalue weighted by Gasteiger charge is -2.19. The van der Waals surface area contributed by atoms with Crippen molar-refractivity contribution in [2.45, 2.75) is 13.2 Å². The molecule has 0 aliphatic heterocycles. The summed E-state index contributed by atoms with van der Waals surface area (Å²) in [5, 5.41) is 2.54. The summed E-state index contributed by atoms with van der Waals surface area (Å²) in [6.45, 7) is 4.55. The van der Waals surface area contributed by atoms with Crippen molar-refractivity contribution in [1.29, 1.82) is 0 Å². The highest BCUT2D eigenvalue weighted by molar-refractivity contribution is 5.81. The molecule has 5 heteroatoms. The van der Waals surface area contributed by atoms with Gasteiger partial charge in [0.2, 0.25) is 12.1 Å². The summed E-state index contributed by atoms with van der Waals surface area (Å²) in [6.07, 6.45) is 0.321. The van der Waals surface area contributed by atoms with E-state index in [-0.39, 0.29) is 12.5 Å². The van der Waals surface area contributed by atoms with Gasteiger partial charge < -0.3 is 14.8 Å². The fourth-order valence-electron chi connectivity index (χ4n) is 1.21. The van der Waals surface area contributed by atoms with Crippen molar-refractivity contribution in [3.05, 3.63) is 43.0 Å². The van der Waals surface area contributed by atoms with Gasteiger partial charge in [-0.05, 0) is 12.1 Å². The Morgan fingerprint density at radius 1 is 1.39 bits per heavy atom. The summed E-state index contributed by atoms with van der Waals surface area (Å²) in [5.41, 5.74) is 0. The number of esters is 1. The number of para-hydroxylation sites is 1. The zero-order valence-corrected chi connectivity index (χ0v) is 10.1. The van der Waals surface area contributed by atoms with Gasteiger partial charge in [-0.3, -0.25) is 4.79 Å². The number of ether oxygens (including phenoxy) is 2. The summed E-state index contributed by atoms with van der Waals surface area (Å²) in [7, 11) is 0. The molecule has 0 spiro atoms. The standard InChI is InChI=1S/C13H15NO4/c1-3-13(16)17-9-12(14-10(2)15)18-11-7-5-4-6-8-11/h3-8,12H,1,9H2,2H3,(H,14,15). The molecular weight excluding hydrogens is 234 g/mol. The second-order valence-corrected chi connectivity index (χ2v) is 3.45. The van der Waals surface area contributed by atoms with Gasteiger partial charge in [0.1, 0.15) is 12.4 Å². The van der Waals surface area contributed by atoms with Gasteiger partial charge >= 0.3 is 5.97 Å². The van der Waals surface area contributed by atoms with Crippen molar-refractivity contribution in [3.63, 3.8) is 0 Å². The fourth-order valence-corrected chi connectivity index (χ4v) is 1.21. The lowest BCUT2D eigenvalue weighted by molar-refractivity contribution is -0.142. The number of carbonyl (C=O) groups is 2. The highest BCUT2D eigenvalue weighted by Crippen LogP contribution is 2.10. The first-order valence-corrected chi connectivity index (χ1v) is 5.40. The molecule has 0 saturated heterocycles. The first kappa shape index (κ1) is 13.8. The van der Waals surface area contributed by atoms with Crippen molar-refractivity contribution < 1.29 is 19.1 Å². The van der Waals surface area contributed by atoms with E-state index in [0.717, 1.165) is 6.08 Å². The quantitative estimate of drug-likeness (QED) is 0.468. The van der Waals surface area contributed by atoms with Crippen molar-refractivity contribution in [2.75, 3.05) is 6.61 Å². The van der Waals surface area contributed by atoms with E-state index in [0.29, 0.717) is 5.75 Å². The third-order valence-corrected chi connectivity index (χ3v) is 1.93. The molecule has 1 rings (SSSR count). The molecule has 0 radical (unpaired) electrons. The van der Waals surface area contributed by atoms with Crippen LogP contribution in [0.1, 0.15) is 6.92 Å². The minimum absolute atomic E-state index is 0.0840. The average molecular weight is 249 g/mol. The predicted octanol–water partition coefficient (Wildman–Crippen LogP) is 1.26. The molecule has 96 valence electrons. The molecule has 18 heavy (non-hydrogen) atoms. The first-order chi connectivity index (χ1) is 8.61. The Bertz CT molecular complexity index is 416. The van der Waals surface area contributed by atoms with E-state index in [1.807, 2.05) is 6.07 Å². The second kappa shape index (κ2) is 7.11. The molecule has 1 atom stereocenters. The smallest absolute Gasteiger partial charge is 0.330 e. The van der Waals surface area contributed by atoms with E-state index in [2.05, 4.69) is 11.9 Å². The van der Waals surface area contributed by atoms with E-state index in [9.17, 15) is 9.59 Å². The van der Waals surface area contributed by atoms with Crippen LogP contribution in [0.15, 0.2) is 43.0 Å². The van der Waals surface area contributed by atoms with E-state index in [4.69, 9.17) is 9.47 Å². The average Bonchev–Trinajstić information content (AvgIpc) is 2.36. The normalized spacial score (nSPS) is 11.2. The van der Waals surface area contributed by atoms with Crippen molar-refractivity contribution >= 4 is 11.9 Å². The summed E-state index contributed by atoms with van der Waals surface area (Å²) >= 11 is 0. The number of hydrogen-bond acceptors (Lipinski definition) is 4. The van der Waals surface area contributed by atoms with Gasteiger partial charge in [-0.25, -0.2) is 4.79 Å². The van der Waals surface area contributed by atoms with Gasteiger partial charge in [0.15, 0.2) is 0 Å². The first-order valence-electron chi connectivity index (χ1n) is 5.40. The van der Waals surface area contributed by atoms with Crippen LogP contribution < -0.4 is 10.1 Å². The predicted molar refractivity (Wildman–Crippen MR) is 65.8 cm³/mol. The molecule has 0 aromatic heterocycles. The number of hydrogen-bond donors (Lipinski definition) is 1. The van der Waals surface area contributed by atoms with Gasteiger partial charge in [0, 0.05) is 13.0 Å². The molecule has 0 aliphatic rings. The van der Waals surface area contributed by atoms with Crippen LogP contribution >= 0.6 is 0 Å². The number of amides is 1. The van der Waals surface area contributed by atoms with Crippen LogP contribution in [0.2, 0.25) is 0 Å². The third-order valence-electron chi connectivity index (χ3n) is 1.93. The zero-order valence-electron chi connectivity index (χ0n) is 10.1. The van der Waals surface area contributed by atoms with Gasteiger partial charge in [0.05, 0.1) is 0 Å². The summed E-state index contributed by atoms with van der Waals surface area (Å²) in [6, 6.07) is 8.93. The van der Waals surface area contributed by atoms with Crippen LogP contribution in [0.4, 0.5) is 0 Å². The van der Waals surface area contributed by atoms with Crippen molar-refractivity contribution in [2.24, 2.45) is 0 Å². The minimum atomic E-state index is -0.728. The highest BCUT2D eigenvalue weighted by atomic mass is 16.6. The maximum Gasteiger partial charge on any atom is 0.330 e. The minimum Gasteiger partial charge on any atom is -0.467 e. The number of nitrogens with one attached hydrogen (secondary N) is 1. The zero-order chi connectivity index (χ0) is 13.4. The molecule has 1 N–H and O–H groups in total. The molecule has 0 aliphatic carbocycles. The number of benzene rings is 1. The Morgan fingerprint density at radius 3 is 2.61 bits per heavy atom. The molecule has 0 fully saturated rings.